The van der Waals surface area contributed by atoms with Crippen LogP contribution >= 0.6 is 35.0 Å². The molecule has 0 aliphatic rings. The smallest absolute Gasteiger partial charge is 0.224 e. The Morgan fingerprint density at radius 2 is 1.57 bits per heavy atom. The van der Waals surface area contributed by atoms with E-state index in [0.29, 0.717) is 16.5 Å². The highest BCUT2D eigenvalue weighted by Gasteiger charge is 2.17. The zero-order valence-electron chi connectivity index (χ0n) is 19.6. The number of carbonyl (C=O) groups excluding carboxylic acids is 1. The Hall–Kier alpha value is -2.80. The van der Waals surface area contributed by atoms with Gasteiger partial charge in [0.25, 0.3) is 0 Å². The van der Waals surface area contributed by atoms with Crippen molar-refractivity contribution in [3.8, 4) is 17.1 Å². The molecule has 3 aromatic carbocycles. The highest BCUT2D eigenvalue weighted by atomic mass is 35.5. The predicted octanol–water partition coefficient (Wildman–Crippen LogP) is 7.76. The van der Waals surface area contributed by atoms with Crippen molar-refractivity contribution in [3.05, 3.63) is 87.9 Å². The van der Waals surface area contributed by atoms with Crippen LogP contribution in [0, 0.1) is 13.8 Å². The monoisotopic (exact) mass is 524 g/mol. The highest BCUT2D eigenvalue weighted by molar-refractivity contribution is 7.99. The number of nitrogens with one attached hydrogen (secondary N) is 1. The lowest BCUT2D eigenvalue weighted by atomic mass is 10.1. The van der Waals surface area contributed by atoms with Crippen LogP contribution in [0.3, 0.4) is 0 Å². The van der Waals surface area contributed by atoms with E-state index in [1.54, 1.807) is 17.8 Å². The molecule has 0 saturated heterocycles. The van der Waals surface area contributed by atoms with Gasteiger partial charge in [0, 0.05) is 23.4 Å². The molecule has 35 heavy (non-hydrogen) atoms. The minimum Gasteiger partial charge on any atom is -0.326 e. The lowest BCUT2D eigenvalue weighted by Crippen LogP contribution is -2.11. The van der Waals surface area contributed by atoms with Crippen molar-refractivity contribution < 1.29 is 4.79 Å². The quantitative estimate of drug-likeness (QED) is 0.179. The molecule has 0 fully saturated rings. The number of thioether (sulfide) groups is 1. The van der Waals surface area contributed by atoms with Crippen LogP contribution in [0.5, 0.6) is 0 Å². The normalized spacial score (nSPS) is 11.0. The second-order valence-corrected chi connectivity index (χ2v) is 10.2. The van der Waals surface area contributed by atoms with Gasteiger partial charge >= 0.3 is 0 Å². The Labute approximate surface area is 219 Å². The molecule has 1 aromatic heterocycles. The second kappa shape index (κ2) is 11.8. The van der Waals surface area contributed by atoms with Gasteiger partial charge < -0.3 is 5.32 Å². The Balaban J connectivity index is 1.41. The van der Waals surface area contributed by atoms with Crippen LogP contribution in [0.25, 0.3) is 17.1 Å². The van der Waals surface area contributed by atoms with Crippen molar-refractivity contribution in [2.45, 2.75) is 38.3 Å². The summed E-state index contributed by atoms with van der Waals surface area (Å²) in [6.07, 6.45) is 2.14. The van der Waals surface area contributed by atoms with Gasteiger partial charge in [0.15, 0.2) is 11.0 Å². The zero-order valence-corrected chi connectivity index (χ0v) is 21.9. The molecule has 0 bridgehead atoms. The van der Waals surface area contributed by atoms with Crippen LogP contribution in [0.2, 0.25) is 10.0 Å². The average Bonchev–Trinajstić information content (AvgIpc) is 3.26. The maximum atomic E-state index is 12.2. The van der Waals surface area contributed by atoms with Crippen molar-refractivity contribution >= 4 is 46.6 Å². The van der Waals surface area contributed by atoms with Crippen molar-refractivity contribution in [1.29, 1.82) is 0 Å². The maximum absolute atomic E-state index is 12.2. The molecule has 0 atom stereocenters. The molecule has 8 heteroatoms. The number of halogens is 2. The summed E-state index contributed by atoms with van der Waals surface area (Å²) in [6, 6.07) is 21.5. The molecule has 0 saturated carbocycles. The van der Waals surface area contributed by atoms with E-state index >= 15 is 0 Å². The fourth-order valence-corrected chi connectivity index (χ4v) is 4.76. The largest absolute Gasteiger partial charge is 0.326 e. The number of hydrogen-bond acceptors (Lipinski definition) is 4. The summed E-state index contributed by atoms with van der Waals surface area (Å²) in [5.74, 6) is 1.58. The van der Waals surface area contributed by atoms with Gasteiger partial charge in [-0.15, -0.1) is 10.2 Å². The number of nitrogens with zero attached hydrogens (tertiary/aromatic N) is 3. The minimum absolute atomic E-state index is 0.0273. The molecule has 180 valence electrons. The van der Waals surface area contributed by atoms with Gasteiger partial charge in [0.05, 0.1) is 15.7 Å². The molecular formula is C27H26Cl2N4OS. The van der Waals surface area contributed by atoms with E-state index in [9.17, 15) is 4.79 Å². The second-order valence-electron chi connectivity index (χ2n) is 8.33. The molecule has 5 nitrogen and oxygen atoms in total. The number of aryl methyl sites for hydroxylation is 2. The van der Waals surface area contributed by atoms with Gasteiger partial charge in [-0.3, -0.25) is 9.36 Å². The third-order valence-electron chi connectivity index (χ3n) is 5.47. The van der Waals surface area contributed by atoms with Crippen LogP contribution < -0.4 is 5.32 Å². The molecule has 4 rings (SSSR count). The lowest BCUT2D eigenvalue weighted by Gasteiger charge is -2.11. The van der Waals surface area contributed by atoms with Crippen LogP contribution in [0.4, 0.5) is 5.69 Å². The van der Waals surface area contributed by atoms with Crippen molar-refractivity contribution in [2.75, 3.05) is 11.1 Å². The first kappa shape index (κ1) is 25.3. The van der Waals surface area contributed by atoms with E-state index in [1.165, 1.54) is 11.1 Å². The fourth-order valence-electron chi connectivity index (χ4n) is 3.52. The SMILES string of the molecule is Cc1ccc(NC(=O)CCCCSc2nnc(-c3ccc(C)cc3)n2-c2ccc(Cl)c(Cl)c2)cc1. The Kier molecular flexibility index (Phi) is 8.50. The summed E-state index contributed by atoms with van der Waals surface area (Å²) in [6.45, 7) is 4.07. The minimum atomic E-state index is 0.0273. The van der Waals surface area contributed by atoms with Crippen molar-refractivity contribution in [1.82, 2.24) is 14.8 Å². The number of aromatic nitrogens is 3. The van der Waals surface area contributed by atoms with E-state index in [-0.39, 0.29) is 5.91 Å². The Morgan fingerprint density at radius 3 is 2.26 bits per heavy atom. The third kappa shape index (κ3) is 6.66. The molecule has 0 radical (unpaired) electrons. The average molecular weight is 526 g/mol. The van der Waals surface area contributed by atoms with Gasteiger partial charge in [-0.1, -0.05) is 82.5 Å². The van der Waals surface area contributed by atoms with Crippen LogP contribution in [0.1, 0.15) is 30.4 Å². The number of unbranched alkanes of at least 4 members (excludes halogenated alkanes) is 1. The topological polar surface area (TPSA) is 59.8 Å². The summed E-state index contributed by atoms with van der Waals surface area (Å²) in [7, 11) is 0. The number of rotatable bonds is 9. The van der Waals surface area contributed by atoms with Gasteiger partial charge in [0.1, 0.15) is 0 Å². The summed E-state index contributed by atoms with van der Waals surface area (Å²) >= 11 is 14.1. The van der Waals surface area contributed by atoms with E-state index in [2.05, 4.69) is 34.6 Å². The first-order valence-corrected chi connectivity index (χ1v) is 13.1. The predicted molar refractivity (Wildman–Crippen MR) is 146 cm³/mol. The Bertz CT molecular complexity index is 1300. The lowest BCUT2D eigenvalue weighted by molar-refractivity contribution is -0.116. The number of carbonyl (C=O) groups is 1. The molecule has 0 aliphatic carbocycles. The van der Waals surface area contributed by atoms with Crippen LogP contribution in [-0.2, 0) is 4.79 Å². The Morgan fingerprint density at radius 1 is 0.886 bits per heavy atom. The molecule has 0 unspecified atom stereocenters. The summed E-state index contributed by atoms with van der Waals surface area (Å²) in [5, 5.41) is 13.6. The number of benzene rings is 3. The highest BCUT2D eigenvalue weighted by Crippen LogP contribution is 2.32. The standard InChI is InChI=1S/C27H26Cl2N4OS/c1-18-6-10-20(11-7-18)26-31-32-27(33(26)22-14-15-23(28)24(29)17-22)35-16-4-3-5-25(34)30-21-12-8-19(2)9-13-21/h6-15,17H,3-5,16H2,1-2H3,(H,30,34). The number of anilines is 1. The third-order valence-corrected chi connectivity index (χ3v) is 7.22. The molecule has 1 amide bonds. The number of hydrogen-bond donors (Lipinski definition) is 1. The summed E-state index contributed by atoms with van der Waals surface area (Å²) in [4.78, 5) is 12.2. The molecule has 1 N–H and O–H groups in total. The van der Waals surface area contributed by atoms with Crippen molar-refractivity contribution in [2.24, 2.45) is 0 Å². The molecular weight excluding hydrogens is 499 g/mol. The first-order valence-electron chi connectivity index (χ1n) is 11.4. The number of amides is 1. The molecule has 4 aromatic rings. The zero-order chi connectivity index (χ0) is 24.8. The van der Waals surface area contributed by atoms with Gasteiger partial charge in [-0.05, 0) is 57.0 Å². The van der Waals surface area contributed by atoms with Crippen LogP contribution in [0.15, 0.2) is 71.9 Å². The van der Waals surface area contributed by atoms with Gasteiger partial charge in [-0.2, -0.15) is 0 Å². The van der Waals surface area contributed by atoms with Crippen molar-refractivity contribution in [3.63, 3.8) is 0 Å². The van der Waals surface area contributed by atoms with E-state index in [1.807, 2.05) is 60.0 Å². The van der Waals surface area contributed by atoms with E-state index in [0.717, 1.165) is 46.5 Å². The molecule has 0 spiro atoms. The first-order chi connectivity index (χ1) is 16.9. The summed E-state index contributed by atoms with van der Waals surface area (Å²) in [5.41, 5.74) is 4.98. The fraction of sp³-hybridized carbons (Fsp3) is 0.222. The van der Waals surface area contributed by atoms with Gasteiger partial charge in [0.2, 0.25) is 5.91 Å². The van der Waals surface area contributed by atoms with E-state index < -0.39 is 0 Å². The molecule has 0 aliphatic heterocycles. The van der Waals surface area contributed by atoms with Crippen LogP contribution in [-0.4, -0.2) is 26.4 Å². The van der Waals surface area contributed by atoms with Gasteiger partial charge in [-0.25, -0.2) is 0 Å². The summed E-state index contributed by atoms with van der Waals surface area (Å²) < 4.78 is 2.00. The molecule has 1 heterocycles. The maximum Gasteiger partial charge on any atom is 0.224 e. The van der Waals surface area contributed by atoms with E-state index in [4.69, 9.17) is 23.2 Å².